The SMILES string of the molecule is Cc1cc(C)c2c(c1)N(C(=O)c1ccc(N3CCCC3)c([N+](=O)[O-])c1)CCC2. The fourth-order valence-corrected chi connectivity index (χ4v) is 4.47. The van der Waals surface area contributed by atoms with Gasteiger partial charge in [-0.05, 0) is 74.4 Å². The molecule has 2 heterocycles. The molecule has 0 N–H and O–H groups in total. The molecule has 0 aromatic heterocycles. The number of rotatable bonds is 3. The van der Waals surface area contributed by atoms with Gasteiger partial charge in [-0.15, -0.1) is 0 Å². The van der Waals surface area contributed by atoms with Crippen LogP contribution < -0.4 is 9.80 Å². The fourth-order valence-electron chi connectivity index (χ4n) is 4.47. The van der Waals surface area contributed by atoms with E-state index in [9.17, 15) is 14.9 Å². The van der Waals surface area contributed by atoms with Gasteiger partial charge in [-0.25, -0.2) is 0 Å². The normalized spacial score (nSPS) is 16.2. The second-order valence-corrected chi connectivity index (χ2v) is 7.79. The monoisotopic (exact) mass is 379 g/mol. The van der Waals surface area contributed by atoms with E-state index in [-0.39, 0.29) is 16.5 Å². The van der Waals surface area contributed by atoms with Crippen molar-refractivity contribution in [3.8, 4) is 0 Å². The van der Waals surface area contributed by atoms with Crippen molar-refractivity contribution in [1.82, 2.24) is 0 Å². The quantitative estimate of drug-likeness (QED) is 0.585. The molecule has 146 valence electrons. The second-order valence-electron chi connectivity index (χ2n) is 7.79. The Morgan fingerprint density at radius 1 is 1.00 bits per heavy atom. The van der Waals surface area contributed by atoms with E-state index in [0.29, 0.717) is 17.8 Å². The summed E-state index contributed by atoms with van der Waals surface area (Å²) in [7, 11) is 0. The van der Waals surface area contributed by atoms with Crippen LogP contribution in [-0.2, 0) is 6.42 Å². The van der Waals surface area contributed by atoms with Crippen LogP contribution in [0.3, 0.4) is 0 Å². The van der Waals surface area contributed by atoms with Gasteiger partial charge in [0.05, 0.1) is 4.92 Å². The maximum absolute atomic E-state index is 13.3. The van der Waals surface area contributed by atoms with E-state index in [1.54, 1.807) is 17.0 Å². The summed E-state index contributed by atoms with van der Waals surface area (Å²) in [6.45, 7) is 6.39. The Labute approximate surface area is 164 Å². The number of nitrogens with zero attached hydrogens (tertiary/aromatic N) is 3. The van der Waals surface area contributed by atoms with Crippen LogP contribution >= 0.6 is 0 Å². The molecule has 6 nitrogen and oxygen atoms in total. The van der Waals surface area contributed by atoms with Crippen LogP contribution in [-0.4, -0.2) is 30.5 Å². The smallest absolute Gasteiger partial charge is 0.293 e. The molecule has 1 fully saturated rings. The molecule has 2 aliphatic heterocycles. The number of carbonyl (C=O) groups excluding carboxylic acids is 1. The highest BCUT2D eigenvalue weighted by Gasteiger charge is 2.28. The van der Waals surface area contributed by atoms with Gasteiger partial charge in [0, 0.05) is 37.0 Å². The molecule has 28 heavy (non-hydrogen) atoms. The zero-order valence-electron chi connectivity index (χ0n) is 16.4. The molecule has 2 aromatic carbocycles. The van der Waals surface area contributed by atoms with Crippen molar-refractivity contribution >= 4 is 23.0 Å². The zero-order valence-corrected chi connectivity index (χ0v) is 16.4. The highest BCUT2D eigenvalue weighted by molar-refractivity contribution is 6.07. The number of hydrogen-bond acceptors (Lipinski definition) is 4. The number of aryl methyl sites for hydroxylation is 2. The molecule has 6 heteroatoms. The largest absolute Gasteiger partial charge is 0.366 e. The summed E-state index contributed by atoms with van der Waals surface area (Å²) in [4.78, 5) is 28.4. The first-order valence-corrected chi connectivity index (χ1v) is 9.91. The molecule has 2 aliphatic rings. The summed E-state index contributed by atoms with van der Waals surface area (Å²) >= 11 is 0. The van der Waals surface area contributed by atoms with Gasteiger partial charge in [-0.1, -0.05) is 6.07 Å². The lowest BCUT2D eigenvalue weighted by atomic mass is 9.94. The Bertz CT molecular complexity index is 948. The molecule has 0 bridgehead atoms. The second kappa shape index (κ2) is 7.26. The van der Waals surface area contributed by atoms with Crippen LogP contribution in [0, 0.1) is 24.0 Å². The zero-order chi connectivity index (χ0) is 19.8. The first-order valence-electron chi connectivity index (χ1n) is 9.91. The van der Waals surface area contributed by atoms with Gasteiger partial charge in [-0.3, -0.25) is 14.9 Å². The van der Waals surface area contributed by atoms with Gasteiger partial charge < -0.3 is 9.80 Å². The van der Waals surface area contributed by atoms with Gasteiger partial charge in [0.2, 0.25) is 0 Å². The average molecular weight is 379 g/mol. The lowest BCUT2D eigenvalue weighted by Crippen LogP contribution is -2.36. The molecule has 0 spiro atoms. The van der Waals surface area contributed by atoms with Crippen LogP contribution in [0.1, 0.15) is 46.3 Å². The Balaban J connectivity index is 1.72. The molecular formula is C22H25N3O3. The van der Waals surface area contributed by atoms with E-state index in [0.717, 1.165) is 50.0 Å². The van der Waals surface area contributed by atoms with E-state index in [1.165, 1.54) is 17.2 Å². The number of benzene rings is 2. The molecule has 0 unspecified atom stereocenters. The van der Waals surface area contributed by atoms with Crippen LogP contribution in [0.5, 0.6) is 0 Å². The number of anilines is 2. The molecule has 4 rings (SSSR count). The van der Waals surface area contributed by atoms with Crippen molar-refractivity contribution in [2.75, 3.05) is 29.4 Å². The Kier molecular flexibility index (Phi) is 4.79. The van der Waals surface area contributed by atoms with Crippen molar-refractivity contribution in [3.05, 3.63) is 62.7 Å². The first-order chi connectivity index (χ1) is 13.5. The van der Waals surface area contributed by atoms with Gasteiger partial charge in [0.25, 0.3) is 11.6 Å². The number of amides is 1. The van der Waals surface area contributed by atoms with E-state index in [2.05, 4.69) is 13.0 Å². The highest BCUT2D eigenvalue weighted by Crippen LogP contribution is 2.35. The highest BCUT2D eigenvalue weighted by atomic mass is 16.6. The summed E-state index contributed by atoms with van der Waals surface area (Å²) in [6.07, 6.45) is 3.94. The lowest BCUT2D eigenvalue weighted by Gasteiger charge is -2.31. The molecule has 0 saturated carbocycles. The molecular weight excluding hydrogens is 354 g/mol. The summed E-state index contributed by atoms with van der Waals surface area (Å²) in [5, 5.41) is 11.7. The van der Waals surface area contributed by atoms with Gasteiger partial charge in [0.1, 0.15) is 5.69 Å². The molecule has 2 aromatic rings. The third kappa shape index (κ3) is 3.23. The van der Waals surface area contributed by atoms with Crippen LogP contribution in [0.15, 0.2) is 30.3 Å². The van der Waals surface area contributed by atoms with Crippen molar-refractivity contribution in [2.45, 2.75) is 39.5 Å². The number of nitro groups is 1. The summed E-state index contributed by atoms with van der Waals surface area (Å²) < 4.78 is 0. The van der Waals surface area contributed by atoms with E-state index < -0.39 is 0 Å². The minimum Gasteiger partial charge on any atom is -0.366 e. The third-order valence-corrected chi connectivity index (χ3v) is 5.80. The molecule has 0 atom stereocenters. The van der Waals surface area contributed by atoms with E-state index >= 15 is 0 Å². The standard InChI is InChI=1S/C22H25N3O3/c1-15-12-16(2)18-6-5-11-24(20(18)13-15)22(26)17-7-8-19(21(14-17)25(27)28)23-9-3-4-10-23/h7-8,12-14H,3-6,9-11H2,1-2H3. The number of hydrogen-bond donors (Lipinski definition) is 0. The topological polar surface area (TPSA) is 66.7 Å². The predicted molar refractivity (Wildman–Crippen MR) is 110 cm³/mol. The number of fused-ring (bicyclic) bond motifs is 1. The van der Waals surface area contributed by atoms with Crippen molar-refractivity contribution in [2.24, 2.45) is 0 Å². The lowest BCUT2D eigenvalue weighted by molar-refractivity contribution is -0.384. The van der Waals surface area contributed by atoms with Crippen LogP contribution in [0.4, 0.5) is 17.1 Å². The van der Waals surface area contributed by atoms with Gasteiger partial charge in [0.15, 0.2) is 0 Å². The van der Waals surface area contributed by atoms with Crippen molar-refractivity contribution in [3.63, 3.8) is 0 Å². The van der Waals surface area contributed by atoms with Crippen LogP contribution in [0.25, 0.3) is 0 Å². The van der Waals surface area contributed by atoms with Gasteiger partial charge >= 0.3 is 0 Å². The van der Waals surface area contributed by atoms with E-state index in [1.807, 2.05) is 17.9 Å². The molecule has 0 aliphatic carbocycles. The molecule has 1 amide bonds. The first kappa shape index (κ1) is 18.5. The summed E-state index contributed by atoms with van der Waals surface area (Å²) in [6, 6.07) is 9.12. The number of nitro benzene ring substituents is 1. The van der Waals surface area contributed by atoms with Crippen LogP contribution in [0.2, 0.25) is 0 Å². The fraction of sp³-hybridized carbons (Fsp3) is 0.409. The Morgan fingerprint density at radius 2 is 1.75 bits per heavy atom. The Morgan fingerprint density at radius 3 is 2.46 bits per heavy atom. The maximum atomic E-state index is 13.3. The summed E-state index contributed by atoms with van der Waals surface area (Å²) in [5.41, 5.74) is 5.47. The number of carbonyl (C=O) groups is 1. The van der Waals surface area contributed by atoms with Crippen molar-refractivity contribution in [1.29, 1.82) is 0 Å². The average Bonchev–Trinajstić information content (AvgIpc) is 3.21. The van der Waals surface area contributed by atoms with Gasteiger partial charge in [-0.2, -0.15) is 0 Å². The van der Waals surface area contributed by atoms with Crippen molar-refractivity contribution < 1.29 is 9.72 Å². The third-order valence-electron chi connectivity index (χ3n) is 5.80. The molecule has 0 radical (unpaired) electrons. The minimum absolute atomic E-state index is 0.0189. The molecule has 1 saturated heterocycles. The predicted octanol–water partition coefficient (Wildman–Crippen LogP) is 4.40. The Hall–Kier alpha value is -2.89. The summed E-state index contributed by atoms with van der Waals surface area (Å²) in [5.74, 6) is -0.165. The van der Waals surface area contributed by atoms with E-state index in [4.69, 9.17) is 0 Å². The maximum Gasteiger partial charge on any atom is 0.293 e. The minimum atomic E-state index is -0.372.